The highest BCUT2D eigenvalue weighted by Gasteiger charge is 2.27. The van der Waals surface area contributed by atoms with Crippen LogP contribution in [0.2, 0.25) is 0 Å². The van der Waals surface area contributed by atoms with E-state index in [2.05, 4.69) is 46.3 Å². The molecule has 1 heterocycles. The first kappa shape index (κ1) is 16.5. The summed E-state index contributed by atoms with van der Waals surface area (Å²) in [5.74, 6) is 0.819. The third kappa shape index (κ3) is 2.61. The Morgan fingerprint density at radius 2 is 1.96 bits per heavy atom. The summed E-state index contributed by atoms with van der Waals surface area (Å²) in [5, 5.41) is 14.1. The second-order valence-electron chi connectivity index (χ2n) is 6.73. The van der Waals surface area contributed by atoms with Crippen LogP contribution in [0.15, 0.2) is 42.5 Å². The molecule has 26 heavy (non-hydrogen) atoms. The smallest absolute Gasteiger partial charge is 0.120 e. The first-order valence-corrected chi connectivity index (χ1v) is 9.25. The summed E-state index contributed by atoms with van der Waals surface area (Å²) < 4.78 is 8.05. The maximum Gasteiger partial charge on any atom is 0.120 e. The summed E-state index contributed by atoms with van der Waals surface area (Å²) in [6, 6.07) is 17.4. The topological polar surface area (TPSA) is 50.0 Å². The number of nitrogens with zero attached hydrogens (tertiary/aromatic N) is 2. The Labute approximate surface area is 154 Å². The van der Waals surface area contributed by atoms with Crippen molar-refractivity contribution in [2.75, 3.05) is 19.0 Å². The zero-order valence-electron chi connectivity index (χ0n) is 15.2. The van der Waals surface area contributed by atoms with Crippen molar-refractivity contribution in [3.63, 3.8) is 0 Å². The molecule has 1 N–H and O–H groups in total. The van der Waals surface area contributed by atoms with Crippen molar-refractivity contribution in [1.29, 1.82) is 5.26 Å². The molecule has 0 bridgehead atoms. The molecule has 1 saturated carbocycles. The van der Waals surface area contributed by atoms with Crippen molar-refractivity contribution in [1.82, 2.24) is 4.57 Å². The molecule has 0 aliphatic heterocycles. The van der Waals surface area contributed by atoms with E-state index in [9.17, 15) is 5.26 Å². The van der Waals surface area contributed by atoms with Crippen LogP contribution in [0.5, 0.6) is 5.75 Å². The molecule has 4 rings (SSSR count). The van der Waals surface area contributed by atoms with Crippen LogP contribution in [-0.4, -0.2) is 18.2 Å². The summed E-state index contributed by atoms with van der Waals surface area (Å²) in [5.41, 5.74) is 5.05. The van der Waals surface area contributed by atoms with Crippen LogP contribution in [0.1, 0.15) is 37.8 Å². The molecular weight excluding hydrogens is 322 g/mol. The Morgan fingerprint density at radius 1 is 1.19 bits per heavy atom. The number of benzene rings is 2. The van der Waals surface area contributed by atoms with Crippen molar-refractivity contribution in [3.05, 3.63) is 48.0 Å². The van der Waals surface area contributed by atoms with Crippen molar-refractivity contribution in [3.8, 4) is 23.1 Å². The van der Waals surface area contributed by atoms with Gasteiger partial charge in [-0.1, -0.05) is 12.1 Å². The normalized spacial score (nSPS) is 14.0. The number of nitriles is 1. The minimum absolute atomic E-state index is 0.469. The Kier molecular flexibility index (Phi) is 4.30. The van der Waals surface area contributed by atoms with Gasteiger partial charge in [-0.3, -0.25) is 0 Å². The number of rotatable bonds is 5. The van der Waals surface area contributed by atoms with Crippen LogP contribution < -0.4 is 10.1 Å². The van der Waals surface area contributed by atoms with Gasteiger partial charge in [0.2, 0.25) is 0 Å². The van der Waals surface area contributed by atoms with Crippen LogP contribution in [0.25, 0.3) is 22.2 Å². The Morgan fingerprint density at radius 3 is 2.54 bits per heavy atom. The standard InChI is InChI=1S/C22H23N3O/c1-3-26-18-11-12-21-19(13-18)20(14-23)22(25(21)17-5-4-6-17)15-7-9-16(24-2)10-8-15/h7-13,17,24H,3-6H2,1-2H3. The first-order valence-electron chi connectivity index (χ1n) is 9.25. The first-order chi connectivity index (χ1) is 12.8. The molecule has 4 nitrogen and oxygen atoms in total. The van der Waals surface area contributed by atoms with Gasteiger partial charge in [0, 0.05) is 24.2 Å². The average molecular weight is 345 g/mol. The van der Waals surface area contributed by atoms with Gasteiger partial charge in [0.15, 0.2) is 0 Å². The monoisotopic (exact) mass is 345 g/mol. The zero-order valence-corrected chi connectivity index (χ0v) is 15.2. The van der Waals surface area contributed by atoms with E-state index in [0.29, 0.717) is 12.6 Å². The Hall–Kier alpha value is -2.93. The molecule has 0 saturated heterocycles. The highest BCUT2D eigenvalue weighted by molar-refractivity contribution is 5.95. The summed E-state index contributed by atoms with van der Waals surface area (Å²) in [4.78, 5) is 0. The van der Waals surface area contributed by atoms with Crippen molar-refractivity contribution < 1.29 is 4.74 Å². The maximum atomic E-state index is 9.97. The van der Waals surface area contributed by atoms with Gasteiger partial charge < -0.3 is 14.6 Å². The van der Waals surface area contributed by atoms with E-state index < -0.39 is 0 Å². The lowest BCUT2D eigenvalue weighted by atomic mass is 9.92. The molecule has 1 fully saturated rings. The SMILES string of the molecule is CCOc1ccc2c(c1)c(C#N)c(-c1ccc(NC)cc1)n2C1CCC1. The largest absolute Gasteiger partial charge is 0.494 e. The maximum absolute atomic E-state index is 9.97. The number of anilines is 1. The van der Waals surface area contributed by atoms with Gasteiger partial charge in [-0.25, -0.2) is 0 Å². The minimum atomic E-state index is 0.469. The van der Waals surface area contributed by atoms with Gasteiger partial charge in [0.1, 0.15) is 11.8 Å². The number of nitrogens with one attached hydrogen (secondary N) is 1. The second-order valence-corrected chi connectivity index (χ2v) is 6.73. The van der Waals surface area contributed by atoms with Crippen molar-refractivity contribution in [2.24, 2.45) is 0 Å². The number of hydrogen-bond donors (Lipinski definition) is 1. The molecule has 2 aromatic carbocycles. The molecule has 0 radical (unpaired) electrons. The molecule has 0 spiro atoms. The molecule has 4 heteroatoms. The summed E-state index contributed by atoms with van der Waals surface area (Å²) >= 11 is 0. The van der Waals surface area contributed by atoms with E-state index in [1.54, 1.807) is 0 Å². The van der Waals surface area contributed by atoms with Gasteiger partial charge in [-0.15, -0.1) is 0 Å². The van der Waals surface area contributed by atoms with Gasteiger partial charge in [-0.2, -0.15) is 5.26 Å². The van der Waals surface area contributed by atoms with Crippen molar-refractivity contribution >= 4 is 16.6 Å². The lowest BCUT2D eigenvalue weighted by Crippen LogP contribution is -2.17. The van der Waals surface area contributed by atoms with Crippen molar-refractivity contribution in [2.45, 2.75) is 32.2 Å². The molecule has 1 aliphatic rings. The van der Waals surface area contributed by atoms with E-state index in [4.69, 9.17) is 4.74 Å². The van der Waals surface area contributed by atoms with E-state index in [1.807, 2.05) is 26.1 Å². The van der Waals surface area contributed by atoms with Crippen LogP contribution in [0, 0.1) is 11.3 Å². The van der Waals surface area contributed by atoms with E-state index in [0.717, 1.165) is 39.2 Å². The molecule has 1 aliphatic carbocycles. The van der Waals surface area contributed by atoms with Gasteiger partial charge >= 0.3 is 0 Å². The van der Waals surface area contributed by atoms with Gasteiger partial charge in [-0.05, 0) is 62.1 Å². The fraction of sp³-hybridized carbons (Fsp3) is 0.318. The Balaban J connectivity index is 1.97. The lowest BCUT2D eigenvalue weighted by Gasteiger charge is -2.30. The third-order valence-corrected chi connectivity index (χ3v) is 5.28. The summed E-state index contributed by atoms with van der Waals surface area (Å²) in [6.45, 7) is 2.60. The van der Waals surface area contributed by atoms with E-state index in [1.165, 1.54) is 19.3 Å². The number of ether oxygens (including phenoxy) is 1. The van der Waals surface area contributed by atoms with E-state index in [-0.39, 0.29) is 0 Å². The fourth-order valence-electron chi connectivity index (χ4n) is 3.77. The predicted molar refractivity (Wildman–Crippen MR) is 106 cm³/mol. The zero-order chi connectivity index (χ0) is 18.1. The molecule has 132 valence electrons. The summed E-state index contributed by atoms with van der Waals surface area (Å²) in [6.07, 6.45) is 3.59. The second kappa shape index (κ2) is 6.76. The van der Waals surface area contributed by atoms with Crippen LogP contribution >= 0.6 is 0 Å². The number of aromatic nitrogens is 1. The van der Waals surface area contributed by atoms with Crippen LogP contribution in [0.4, 0.5) is 5.69 Å². The van der Waals surface area contributed by atoms with Crippen LogP contribution in [-0.2, 0) is 0 Å². The predicted octanol–water partition coefficient (Wildman–Crippen LogP) is 5.35. The highest BCUT2D eigenvalue weighted by Crippen LogP contribution is 2.43. The van der Waals surface area contributed by atoms with Gasteiger partial charge in [0.25, 0.3) is 0 Å². The Bertz CT molecular complexity index is 975. The molecular formula is C22H23N3O. The lowest BCUT2D eigenvalue weighted by molar-refractivity contribution is 0.324. The highest BCUT2D eigenvalue weighted by atomic mass is 16.5. The van der Waals surface area contributed by atoms with Gasteiger partial charge in [0.05, 0.1) is 23.4 Å². The van der Waals surface area contributed by atoms with E-state index >= 15 is 0 Å². The third-order valence-electron chi connectivity index (χ3n) is 5.28. The molecule has 3 aromatic rings. The fourth-order valence-corrected chi connectivity index (χ4v) is 3.77. The quantitative estimate of drug-likeness (QED) is 0.678. The minimum Gasteiger partial charge on any atom is -0.494 e. The molecule has 1 aromatic heterocycles. The van der Waals surface area contributed by atoms with Crippen LogP contribution in [0.3, 0.4) is 0 Å². The molecule has 0 amide bonds. The molecule has 0 unspecified atom stereocenters. The molecule has 0 atom stereocenters. The summed E-state index contributed by atoms with van der Waals surface area (Å²) in [7, 11) is 1.91. The number of hydrogen-bond acceptors (Lipinski definition) is 3. The average Bonchev–Trinajstić information content (AvgIpc) is 2.94. The number of fused-ring (bicyclic) bond motifs is 1.